The summed E-state index contributed by atoms with van der Waals surface area (Å²) < 4.78 is 34.0. The zero-order valence-electron chi connectivity index (χ0n) is 23.3. The summed E-state index contributed by atoms with van der Waals surface area (Å²) in [7, 11) is 8.27. The first kappa shape index (κ1) is 27.7. The van der Waals surface area contributed by atoms with Crippen LogP contribution >= 0.6 is 0 Å². The van der Waals surface area contributed by atoms with E-state index < -0.39 is 0 Å². The van der Waals surface area contributed by atoms with Crippen LogP contribution in [-0.2, 0) is 25.7 Å². The normalized spacial score (nSPS) is 10.6. The van der Waals surface area contributed by atoms with E-state index in [1.165, 1.54) is 11.1 Å². The molecule has 204 valence electrons. The van der Waals surface area contributed by atoms with Crippen molar-refractivity contribution >= 4 is 0 Å². The number of rotatable bonds is 13. The van der Waals surface area contributed by atoms with Crippen LogP contribution in [0.1, 0.15) is 22.3 Å². The van der Waals surface area contributed by atoms with E-state index in [2.05, 4.69) is 24.3 Å². The molecule has 0 fully saturated rings. The molecule has 39 heavy (non-hydrogen) atoms. The molecule has 4 rings (SSSR count). The zero-order valence-corrected chi connectivity index (χ0v) is 23.3. The molecule has 4 aromatic rings. The van der Waals surface area contributed by atoms with Gasteiger partial charge in [0.25, 0.3) is 0 Å². The van der Waals surface area contributed by atoms with Crippen molar-refractivity contribution in [2.45, 2.75) is 25.7 Å². The molecule has 0 saturated heterocycles. The Labute approximate surface area is 231 Å². The minimum atomic E-state index is 0.548. The second-order valence-electron chi connectivity index (χ2n) is 9.15. The molecular formula is C33H36O6. The summed E-state index contributed by atoms with van der Waals surface area (Å²) >= 11 is 0. The van der Waals surface area contributed by atoms with Crippen LogP contribution in [0.2, 0.25) is 0 Å². The minimum Gasteiger partial charge on any atom is -0.497 e. The van der Waals surface area contributed by atoms with Gasteiger partial charge < -0.3 is 28.4 Å². The van der Waals surface area contributed by atoms with Crippen molar-refractivity contribution in [3.8, 4) is 40.2 Å². The standard InChI is InChI=1S/C33H36O6/c1-34-27-15-13-23(14-16-27)9-11-26-20-31(37-4)33(38-5)32(21-26)39-30-19-25(18-29(22-30)36-3)12-10-24-7-6-8-28(17-24)35-2/h6-8,13-22H,9-12H2,1-5H3. The van der Waals surface area contributed by atoms with Crippen LogP contribution in [-0.4, -0.2) is 35.5 Å². The molecule has 0 aliphatic heterocycles. The van der Waals surface area contributed by atoms with Crippen molar-refractivity contribution in [3.63, 3.8) is 0 Å². The molecule has 0 heterocycles. The number of aryl methyl sites for hydroxylation is 4. The highest BCUT2D eigenvalue weighted by molar-refractivity contribution is 5.56. The van der Waals surface area contributed by atoms with Crippen molar-refractivity contribution in [3.05, 3.63) is 101 Å². The van der Waals surface area contributed by atoms with Gasteiger partial charge in [-0.25, -0.2) is 0 Å². The van der Waals surface area contributed by atoms with Crippen LogP contribution in [0, 0.1) is 0 Å². The second-order valence-corrected chi connectivity index (χ2v) is 9.15. The van der Waals surface area contributed by atoms with Crippen LogP contribution in [0.5, 0.6) is 40.2 Å². The maximum Gasteiger partial charge on any atom is 0.203 e. The van der Waals surface area contributed by atoms with Gasteiger partial charge in [0.1, 0.15) is 23.0 Å². The van der Waals surface area contributed by atoms with E-state index in [4.69, 9.17) is 28.4 Å². The van der Waals surface area contributed by atoms with Gasteiger partial charge in [0.2, 0.25) is 5.75 Å². The molecule has 6 nitrogen and oxygen atoms in total. The van der Waals surface area contributed by atoms with Crippen LogP contribution in [0.15, 0.2) is 78.9 Å². The van der Waals surface area contributed by atoms with Crippen molar-refractivity contribution < 1.29 is 28.4 Å². The number of methoxy groups -OCH3 is 5. The van der Waals surface area contributed by atoms with Crippen LogP contribution in [0.3, 0.4) is 0 Å². The van der Waals surface area contributed by atoms with Gasteiger partial charge in [0.05, 0.1) is 35.5 Å². The molecule has 0 atom stereocenters. The Hall–Kier alpha value is -4.32. The molecule has 0 saturated carbocycles. The molecule has 0 aliphatic rings. The van der Waals surface area contributed by atoms with Gasteiger partial charge in [-0.15, -0.1) is 0 Å². The summed E-state index contributed by atoms with van der Waals surface area (Å²) in [5, 5.41) is 0. The van der Waals surface area contributed by atoms with Gasteiger partial charge in [-0.1, -0.05) is 24.3 Å². The van der Waals surface area contributed by atoms with Crippen LogP contribution < -0.4 is 28.4 Å². The van der Waals surface area contributed by atoms with E-state index in [1.54, 1.807) is 35.5 Å². The Balaban J connectivity index is 1.56. The molecule has 0 radical (unpaired) electrons. The highest BCUT2D eigenvalue weighted by atomic mass is 16.5. The molecule has 4 aromatic carbocycles. The topological polar surface area (TPSA) is 55.4 Å². The summed E-state index contributed by atoms with van der Waals surface area (Å²) in [5.74, 6) is 4.87. The maximum absolute atomic E-state index is 6.42. The third-order valence-corrected chi connectivity index (χ3v) is 6.61. The first-order chi connectivity index (χ1) is 19.0. The van der Waals surface area contributed by atoms with Gasteiger partial charge in [-0.05, 0) is 96.5 Å². The van der Waals surface area contributed by atoms with E-state index in [0.717, 1.165) is 54.1 Å². The van der Waals surface area contributed by atoms with Gasteiger partial charge in [0.15, 0.2) is 11.5 Å². The molecule has 6 heteroatoms. The summed E-state index contributed by atoms with van der Waals surface area (Å²) in [5.41, 5.74) is 4.62. The average molecular weight is 529 g/mol. The molecule has 0 unspecified atom stereocenters. The minimum absolute atomic E-state index is 0.548. The van der Waals surface area contributed by atoms with Crippen LogP contribution in [0.4, 0.5) is 0 Å². The fourth-order valence-electron chi connectivity index (χ4n) is 4.48. The molecule has 0 bridgehead atoms. The van der Waals surface area contributed by atoms with E-state index in [1.807, 2.05) is 54.6 Å². The summed E-state index contributed by atoms with van der Waals surface area (Å²) in [6, 6.07) is 26.2. The van der Waals surface area contributed by atoms with Gasteiger partial charge >= 0.3 is 0 Å². The molecule has 0 amide bonds. The fourth-order valence-corrected chi connectivity index (χ4v) is 4.48. The predicted octanol–water partition coefficient (Wildman–Crippen LogP) is 7.09. The second kappa shape index (κ2) is 13.5. The first-order valence-electron chi connectivity index (χ1n) is 12.9. The lowest BCUT2D eigenvalue weighted by Crippen LogP contribution is -1.99. The number of benzene rings is 4. The number of hydrogen-bond donors (Lipinski definition) is 0. The van der Waals surface area contributed by atoms with Gasteiger partial charge in [-0.3, -0.25) is 0 Å². The third kappa shape index (κ3) is 7.38. The van der Waals surface area contributed by atoms with Crippen molar-refractivity contribution in [2.24, 2.45) is 0 Å². The maximum atomic E-state index is 6.42. The van der Waals surface area contributed by atoms with Crippen molar-refractivity contribution in [2.75, 3.05) is 35.5 Å². The quantitative estimate of drug-likeness (QED) is 0.185. The van der Waals surface area contributed by atoms with Crippen molar-refractivity contribution in [1.29, 1.82) is 0 Å². The summed E-state index contributed by atoms with van der Waals surface area (Å²) in [6.07, 6.45) is 3.37. The first-order valence-corrected chi connectivity index (χ1v) is 12.9. The smallest absolute Gasteiger partial charge is 0.203 e. The lowest BCUT2D eigenvalue weighted by molar-refractivity contribution is 0.335. The number of hydrogen-bond acceptors (Lipinski definition) is 6. The Morgan fingerprint density at radius 1 is 0.410 bits per heavy atom. The monoisotopic (exact) mass is 528 g/mol. The van der Waals surface area contributed by atoms with E-state index in [0.29, 0.717) is 23.0 Å². The summed E-state index contributed by atoms with van der Waals surface area (Å²) in [4.78, 5) is 0. The molecule has 0 aliphatic carbocycles. The van der Waals surface area contributed by atoms with Gasteiger partial charge in [-0.2, -0.15) is 0 Å². The average Bonchev–Trinajstić information content (AvgIpc) is 2.98. The SMILES string of the molecule is COc1ccc(CCc2cc(OC)c(OC)c(Oc3cc(CCc4cccc(OC)c4)cc(OC)c3)c2)cc1. The van der Waals surface area contributed by atoms with E-state index in [9.17, 15) is 0 Å². The van der Waals surface area contributed by atoms with Crippen molar-refractivity contribution in [1.82, 2.24) is 0 Å². The molecule has 0 spiro atoms. The Kier molecular flexibility index (Phi) is 9.57. The summed E-state index contributed by atoms with van der Waals surface area (Å²) in [6.45, 7) is 0. The van der Waals surface area contributed by atoms with Crippen LogP contribution in [0.25, 0.3) is 0 Å². The molecule has 0 aromatic heterocycles. The van der Waals surface area contributed by atoms with E-state index in [-0.39, 0.29) is 0 Å². The Morgan fingerprint density at radius 2 is 1.00 bits per heavy atom. The highest BCUT2D eigenvalue weighted by Gasteiger charge is 2.16. The molecule has 0 N–H and O–H groups in total. The Bertz CT molecular complexity index is 1360. The lowest BCUT2D eigenvalue weighted by atomic mass is 10.0. The lowest BCUT2D eigenvalue weighted by Gasteiger charge is -2.17. The number of ether oxygens (including phenoxy) is 6. The third-order valence-electron chi connectivity index (χ3n) is 6.61. The zero-order chi connectivity index (χ0) is 27.6. The fraction of sp³-hybridized carbons (Fsp3) is 0.273. The van der Waals surface area contributed by atoms with E-state index >= 15 is 0 Å². The Morgan fingerprint density at radius 3 is 1.67 bits per heavy atom. The molecular weight excluding hydrogens is 492 g/mol. The predicted molar refractivity (Wildman–Crippen MR) is 153 cm³/mol. The largest absolute Gasteiger partial charge is 0.497 e. The van der Waals surface area contributed by atoms with Gasteiger partial charge in [0, 0.05) is 6.07 Å². The highest BCUT2D eigenvalue weighted by Crippen LogP contribution is 2.41.